The molecular weight excluding hydrogens is 206 g/mol. The fourth-order valence-corrected chi connectivity index (χ4v) is 1.71. The molecule has 2 N–H and O–H groups in total. The number of ether oxygens (including phenoxy) is 2. The van der Waals surface area contributed by atoms with Gasteiger partial charge in [0.2, 0.25) is 0 Å². The lowest BCUT2D eigenvalue weighted by Crippen LogP contribution is -2.25. The fraction of sp³-hybridized carbons (Fsp3) is 0.500. The Morgan fingerprint density at radius 3 is 2.75 bits per heavy atom. The number of para-hydroxylation sites is 1. The molecule has 4 nitrogen and oxygen atoms in total. The summed E-state index contributed by atoms with van der Waals surface area (Å²) in [5, 5.41) is 0. The van der Waals surface area contributed by atoms with Crippen molar-refractivity contribution in [2.45, 2.75) is 32.0 Å². The number of nitrogens with two attached hydrogens (primary N) is 1. The Labute approximate surface area is 95.2 Å². The second kappa shape index (κ2) is 5.18. The lowest BCUT2D eigenvalue weighted by Gasteiger charge is -2.28. The molecule has 2 rings (SSSR count). The van der Waals surface area contributed by atoms with Crippen molar-refractivity contribution in [3.05, 3.63) is 23.8 Å². The molecule has 1 aliphatic rings. The highest BCUT2D eigenvalue weighted by Crippen LogP contribution is 2.35. The number of hydrogen-bond acceptors (Lipinski definition) is 4. The molecule has 4 heteroatoms. The van der Waals surface area contributed by atoms with Gasteiger partial charge in [0.15, 0.2) is 11.5 Å². The molecule has 0 amide bonds. The molecule has 0 atom stereocenters. The van der Waals surface area contributed by atoms with E-state index >= 15 is 0 Å². The highest BCUT2D eigenvalue weighted by atomic mass is 16.6. The Bertz CT molecular complexity index is 350. The second-order valence-electron chi connectivity index (χ2n) is 3.93. The number of hydrogen-bond donors (Lipinski definition) is 1. The van der Waals surface area contributed by atoms with Gasteiger partial charge >= 0.3 is 0 Å². The quantitative estimate of drug-likeness (QED) is 0.776. The maximum absolute atomic E-state index is 5.90. The summed E-state index contributed by atoms with van der Waals surface area (Å²) in [6, 6.07) is 5.72. The Hall–Kier alpha value is -1.26. The predicted molar refractivity (Wildman–Crippen MR) is 60.2 cm³/mol. The van der Waals surface area contributed by atoms with Crippen LogP contribution in [0.3, 0.4) is 0 Å². The standard InChI is InChI=1S/C12H17NO3/c1-14-11-7-2-4-9(8-15-13)12(11)16-10-5-3-6-10/h2,4,7,10H,3,5-6,8,13H2,1H3. The minimum absolute atomic E-state index is 0.313. The van der Waals surface area contributed by atoms with Crippen LogP contribution in [-0.2, 0) is 11.4 Å². The molecule has 0 heterocycles. The molecule has 0 unspecified atom stereocenters. The van der Waals surface area contributed by atoms with Crippen molar-refractivity contribution in [2.75, 3.05) is 7.11 Å². The van der Waals surface area contributed by atoms with E-state index in [4.69, 9.17) is 15.4 Å². The van der Waals surface area contributed by atoms with Gasteiger partial charge < -0.3 is 9.47 Å². The molecule has 0 spiro atoms. The Morgan fingerprint density at radius 1 is 1.38 bits per heavy atom. The zero-order valence-electron chi connectivity index (χ0n) is 9.44. The van der Waals surface area contributed by atoms with Crippen molar-refractivity contribution >= 4 is 0 Å². The molecule has 0 radical (unpaired) electrons. The van der Waals surface area contributed by atoms with Crippen LogP contribution in [0.4, 0.5) is 0 Å². The third kappa shape index (κ3) is 2.28. The summed E-state index contributed by atoms with van der Waals surface area (Å²) in [6.45, 7) is 0.333. The molecule has 1 fully saturated rings. The predicted octanol–water partition coefficient (Wildman–Crippen LogP) is 2.02. The van der Waals surface area contributed by atoms with Gasteiger partial charge in [0.05, 0.1) is 19.8 Å². The third-order valence-corrected chi connectivity index (χ3v) is 2.86. The van der Waals surface area contributed by atoms with E-state index in [0.29, 0.717) is 12.7 Å². The van der Waals surface area contributed by atoms with E-state index in [1.807, 2.05) is 18.2 Å². The molecule has 0 aromatic heterocycles. The average Bonchev–Trinajstić information content (AvgIpc) is 2.25. The summed E-state index contributed by atoms with van der Waals surface area (Å²) >= 11 is 0. The summed E-state index contributed by atoms with van der Waals surface area (Å²) in [7, 11) is 1.63. The lowest BCUT2D eigenvalue weighted by molar-refractivity contribution is 0.0983. The first kappa shape index (κ1) is 11.2. The first-order valence-electron chi connectivity index (χ1n) is 5.49. The van der Waals surface area contributed by atoms with Crippen LogP contribution in [0.15, 0.2) is 18.2 Å². The van der Waals surface area contributed by atoms with Gasteiger partial charge in [-0.25, -0.2) is 5.90 Å². The number of methoxy groups -OCH3 is 1. The Kier molecular flexibility index (Phi) is 3.64. The van der Waals surface area contributed by atoms with Crippen molar-refractivity contribution in [3.63, 3.8) is 0 Å². The van der Waals surface area contributed by atoms with Gasteiger partial charge in [0.25, 0.3) is 0 Å². The number of rotatable bonds is 5. The molecule has 0 bridgehead atoms. The van der Waals surface area contributed by atoms with Gasteiger partial charge in [0, 0.05) is 5.56 Å². The molecule has 1 aromatic rings. The van der Waals surface area contributed by atoms with E-state index in [9.17, 15) is 0 Å². The zero-order valence-corrected chi connectivity index (χ0v) is 9.44. The van der Waals surface area contributed by atoms with Gasteiger partial charge in [-0.3, -0.25) is 4.84 Å². The molecule has 1 saturated carbocycles. The number of benzene rings is 1. The maximum Gasteiger partial charge on any atom is 0.167 e. The van der Waals surface area contributed by atoms with Crippen molar-refractivity contribution < 1.29 is 14.3 Å². The van der Waals surface area contributed by atoms with Gasteiger partial charge in [-0.05, 0) is 25.3 Å². The van der Waals surface area contributed by atoms with Crippen molar-refractivity contribution in [3.8, 4) is 11.5 Å². The van der Waals surface area contributed by atoms with Gasteiger partial charge in [-0.1, -0.05) is 12.1 Å². The van der Waals surface area contributed by atoms with Crippen molar-refractivity contribution in [1.82, 2.24) is 0 Å². The summed E-state index contributed by atoms with van der Waals surface area (Å²) in [6.07, 6.45) is 3.78. The summed E-state index contributed by atoms with van der Waals surface area (Å²) in [5.74, 6) is 6.60. The fourth-order valence-electron chi connectivity index (χ4n) is 1.71. The van der Waals surface area contributed by atoms with Crippen LogP contribution in [0.1, 0.15) is 24.8 Å². The molecule has 16 heavy (non-hydrogen) atoms. The minimum Gasteiger partial charge on any atom is -0.493 e. The average molecular weight is 223 g/mol. The first-order valence-corrected chi connectivity index (χ1v) is 5.49. The Morgan fingerprint density at radius 2 is 2.19 bits per heavy atom. The van der Waals surface area contributed by atoms with E-state index in [1.54, 1.807) is 7.11 Å². The van der Waals surface area contributed by atoms with Crippen molar-refractivity contribution in [2.24, 2.45) is 5.90 Å². The summed E-state index contributed by atoms with van der Waals surface area (Å²) in [5.41, 5.74) is 0.925. The normalized spacial score (nSPS) is 15.6. The van der Waals surface area contributed by atoms with Crippen LogP contribution in [0.5, 0.6) is 11.5 Å². The Balaban J connectivity index is 2.21. The molecule has 0 saturated heterocycles. The molecule has 0 aliphatic heterocycles. The van der Waals surface area contributed by atoms with Gasteiger partial charge in [-0.2, -0.15) is 0 Å². The first-order chi connectivity index (χ1) is 7.85. The van der Waals surface area contributed by atoms with E-state index in [2.05, 4.69) is 4.84 Å². The SMILES string of the molecule is COc1cccc(CON)c1OC1CCC1. The third-order valence-electron chi connectivity index (χ3n) is 2.86. The van der Waals surface area contributed by atoms with Crippen LogP contribution in [-0.4, -0.2) is 13.2 Å². The monoisotopic (exact) mass is 223 g/mol. The van der Waals surface area contributed by atoms with Gasteiger partial charge in [-0.15, -0.1) is 0 Å². The summed E-state index contributed by atoms with van der Waals surface area (Å²) < 4.78 is 11.2. The van der Waals surface area contributed by atoms with E-state index in [1.165, 1.54) is 6.42 Å². The largest absolute Gasteiger partial charge is 0.493 e. The van der Waals surface area contributed by atoms with E-state index in [-0.39, 0.29) is 0 Å². The summed E-state index contributed by atoms with van der Waals surface area (Å²) in [4.78, 5) is 4.67. The molecular formula is C12H17NO3. The van der Waals surface area contributed by atoms with Crippen LogP contribution >= 0.6 is 0 Å². The van der Waals surface area contributed by atoms with E-state index < -0.39 is 0 Å². The van der Waals surface area contributed by atoms with Crippen LogP contribution in [0, 0.1) is 0 Å². The lowest BCUT2D eigenvalue weighted by atomic mass is 9.96. The van der Waals surface area contributed by atoms with Crippen molar-refractivity contribution in [1.29, 1.82) is 0 Å². The molecule has 1 aromatic carbocycles. The van der Waals surface area contributed by atoms with Crippen LogP contribution in [0.2, 0.25) is 0 Å². The second-order valence-corrected chi connectivity index (χ2v) is 3.93. The van der Waals surface area contributed by atoms with Crippen LogP contribution in [0.25, 0.3) is 0 Å². The molecule has 88 valence electrons. The maximum atomic E-state index is 5.90. The zero-order chi connectivity index (χ0) is 11.4. The topological polar surface area (TPSA) is 53.7 Å². The highest BCUT2D eigenvalue weighted by Gasteiger charge is 2.22. The van der Waals surface area contributed by atoms with E-state index in [0.717, 1.165) is 29.9 Å². The molecule has 1 aliphatic carbocycles. The van der Waals surface area contributed by atoms with Gasteiger partial charge in [0.1, 0.15) is 0 Å². The minimum atomic E-state index is 0.313. The smallest absolute Gasteiger partial charge is 0.167 e. The van der Waals surface area contributed by atoms with Crippen LogP contribution < -0.4 is 15.4 Å². The highest BCUT2D eigenvalue weighted by molar-refractivity contribution is 5.46.